The van der Waals surface area contributed by atoms with Crippen LogP contribution in [0.15, 0.2) is 12.7 Å². The molecule has 0 atom stereocenters. The van der Waals surface area contributed by atoms with Gasteiger partial charge in [-0.2, -0.15) is 0 Å². The summed E-state index contributed by atoms with van der Waals surface area (Å²) in [5, 5.41) is 11.6. The van der Waals surface area contributed by atoms with E-state index in [1.54, 1.807) is 18.0 Å². The van der Waals surface area contributed by atoms with E-state index >= 15 is 0 Å². The Morgan fingerprint density at radius 3 is 2.85 bits per heavy atom. The molecule has 0 aromatic carbocycles. The molecule has 0 aliphatic rings. The van der Waals surface area contributed by atoms with Crippen molar-refractivity contribution < 1.29 is 9.90 Å². The minimum atomic E-state index is -0.000860. The molecule has 0 spiro atoms. The first kappa shape index (κ1) is 12.1. The first-order chi connectivity index (χ1) is 6.26. The fourth-order valence-electron chi connectivity index (χ4n) is 0.984. The third kappa shape index (κ3) is 5.38. The molecule has 13 heavy (non-hydrogen) atoms. The average molecular weight is 186 g/mol. The first-order valence-electron chi connectivity index (χ1n) is 4.40. The van der Waals surface area contributed by atoms with Crippen molar-refractivity contribution in [1.82, 2.24) is 10.2 Å². The molecule has 2 N–H and O–H groups in total. The maximum Gasteiger partial charge on any atom is 0.224 e. The molecule has 0 radical (unpaired) electrons. The number of rotatable bonds is 7. The van der Waals surface area contributed by atoms with Crippen LogP contribution in [-0.2, 0) is 4.79 Å². The van der Waals surface area contributed by atoms with E-state index in [0.29, 0.717) is 26.1 Å². The highest BCUT2D eigenvalue weighted by Gasteiger charge is 2.09. The summed E-state index contributed by atoms with van der Waals surface area (Å²) in [5.74, 6) is 0.0447. The lowest BCUT2D eigenvalue weighted by Crippen LogP contribution is -2.35. The van der Waals surface area contributed by atoms with Crippen LogP contribution in [-0.4, -0.2) is 49.2 Å². The van der Waals surface area contributed by atoms with Crippen LogP contribution >= 0.6 is 0 Å². The van der Waals surface area contributed by atoms with Crippen molar-refractivity contribution in [2.45, 2.75) is 6.42 Å². The zero-order valence-corrected chi connectivity index (χ0v) is 8.12. The van der Waals surface area contributed by atoms with Gasteiger partial charge in [0.05, 0.1) is 6.61 Å². The van der Waals surface area contributed by atoms with Gasteiger partial charge in [0.2, 0.25) is 5.91 Å². The fourth-order valence-corrected chi connectivity index (χ4v) is 0.984. The molecule has 0 bridgehead atoms. The highest BCUT2D eigenvalue weighted by atomic mass is 16.3. The van der Waals surface area contributed by atoms with E-state index in [1.165, 1.54) is 0 Å². The smallest absolute Gasteiger partial charge is 0.224 e. The lowest BCUT2D eigenvalue weighted by molar-refractivity contribution is -0.131. The SMILES string of the molecule is C=CCN(CCO)C(=O)CCNC. The van der Waals surface area contributed by atoms with Crippen molar-refractivity contribution in [3.8, 4) is 0 Å². The first-order valence-corrected chi connectivity index (χ1v) is 4.40. The summed E-state index contributed by atoms with van der Waals surface area (Å²) in [6, 6.07) is 0. The zero-order valence-electron chi connectivity index (χ0n) is 8.12. The van der Waals surface area contributed by atoms with Crippen LogP contribution in [0.25, 0.3) is 0 Å². The van der Waals surface area contributed by atoms with Gasteiger partial charge in [-0.1, -0.05) is 6.08 Å². The Kier molecular flexibility index (Phi) is 7.24. The molecule has 0 heterocycles. The van der Waals surface area contributed by atoms with E-state index in [2.05, 4.69) is 11.9 Å². The Morgan fingerprint density at radius 1 is 1.69 bits per heavy atom. The average Bonchev–Trinajstić information content (AvgIpc) is 2.14. The Morgan fingerprint density at radius 2 is 2.38 bits per heavy atom. The number of carbonyl (C=O) groups excluding carboxylic acids is 1. The summed E-state index contributed by atoms with van der Waals surface area (Å²) < 4.78 is 0. The molecular weight excluding hydrogens is 168 g/mol. The van der Waals surface area contributed by atoms with Crippen molar-refractivity contribution >= 4 is 5.91 Å². The number of carbonyl (C=O) groups is 1. The molecule has 4 nitrogen and oxygen atoms in total. The van der Waals surface area contributed by atoms with Gasteiger partial charge in [-0.25, -0.2) is 0 Å². The van der Waals surface area contributed by atoms with Gasteiger partial charge in [0.15, 0.2) is 0 Å². The van der Waals surface area contributed by atoms with Gasteiger partial charge in [0.1, 0.15) is 0 Å². The Hall–Kier alpha value is -0.870. The fraction of sp³-hybridized carbons (Fsp3) is 0.667. The highest BCUT2D eigenvalue weighted by molar-refractivity contribution is 5.76. The quantitative estimate of drug-likeness (QED) is 0.532. The van der Waals surface area contributed by atoms with Gasteiger partial charge in [-0.05, 0) is 7.05 Å². The molecule has 0 aromatic rings. The molecule has 0 unspecified atom stereocenters. The molecule has 0 aromatic heterocycles. The second-order valence-corrected chi connectivity index (χ2v) is 2.71. The summed E-state index contributed by atoms with van der Waals surface area (Å²) >= 11 is 0. The van der Waals surface area contributed by atoms with E-state index in [-0.39, 0.29) is 12.5 Å². The van der Waals surface area contributed by atoms with Gasteiger partial charge >= 0.3 is 0 Å². The van der Waals surface area contributed by atoms with E-state index in [4.69, 9.17) is 5.11 Å². The maximum atomic E-state index is 11.4. The topological polar surface area (TPSA) is 52.6 Å². The number of nitrogens with zero attached hydrogens (tertiary/aromatic N) is 1. The van der Waals surface area contributed by atoms with E-state index < -0.39 is 0 Å². The number of hydrogen-bond donors (Lipinski definition) is 2. The molecule has 76 valence electrons. The predicted molar refractivity (Wildman–Crippen MR) is 52.4 cm³/mol. The number of hydrogen-bond acceptors (Lipinski definition) is 3. The molecule has 0 fully saturated rings. The number of aliphatic hydroxyl groups excluding tert-OH is 1. The molecule has 0 rings (SSSR count). The molecule has 0 saturated heterocycles. The number of aliphatic hydroxyl groups is 1. The van der Waals surface area contributed by atoms with Crippen LogP contribution in [0.4, 0.5) is 0 Å². The Labute approximate surface area is 79.2 Å². The van der Waals surface area contributed by atoms with E-state index in [9.17, 15) is 4.79 Å². The van der Waals surface area contributed by atoms with Crippen LogP contribution in [0.5, 0.6) is 0 Å². The van der Waals surface area contributed by atoms with Gasteiger partial charge in [0.25, 0.3) is 0 Å². The number of amides is 1. The molecule has 1 amide bonds. The molecule has 0 saturated carbocycles. The normalized spacial score (nSPS) is 9.69. The van der Waals surface area contributed by atoms with E-state index in [0.717, 1.165) is 0 Å². The van der Waals surface area contributed by atoms with Crippen molar-refractivity contribution in [2.24, 2.45) is 0 Å². The third-order valence-corrected chi connectivity index (χ3v) is 1.66. The lowest BCUT2D eigenvalue weighted by Gasteiger charge is -2.19. The lowest BCUT2D eigenvalue weighted by atomic mass is 10.3. The minimum Gasteiger partial charge on any atom is -0.395 e. The van der Waals surface area contributed by atoms with Gasteiger partial charge < -0.3 is 15.3 Å². The van der Waals surface area contributed by atoms with Crippen LogP contribution < -0.4 is 5.32 Å². The van der Waals surface area contributed by atoms with Gasteiger partial charge in [-0.3, -0.25) is 4.79 Å². The third-order valence-electron chi connectivity index (χ3n) is 1.66. The maximum absolute atomic E-state index is 11.4. The van der Waals surface area contributed by atoms with Crippen LogP contribution in [0.3, 0.4) is 0 Å². The van der Waals surface area contributed by atoms with Gasteiger partial charge in [-0.15, -0.1) is 6.58 Å². The molecule has 4 heteroatoms. The highest BCUT2D eigenvalue weighted by Crippen LogP contribution is 1.93. The van der Waals surface area contributed by atoms with E-state index in [1.807, 2.05) is 0 Å². The second kappa shape index (κ2) is 7.76. The standard InChI is InChI=1S/C9H18N2O2/c1-3-6-11(7-8-12)9(13)4-5-10-2/h3,10,12H,1,4-8H2,2H3. The Balaban J connectivity index is 3.87. The van der Waals surface area contributed by atoms with Crippen LogP contribution in [0.1, 0.15) is 6.42 Å². The Bertz CT molecular complexity index is 160. The van der Waals surface area contributed by atoms with Gasteiger partial charge in [0, 0.05) is 26.1 Å². The van der Waals surface area contributed by atoms with Crippen molar-refractivity contribution in [3.63, 3.8) is 0 Å². The largest absolute Gasteiger partial charge is 0.395 e. The van der Waals surface area contributed by atoms with Crippen LogP contribution in [0.2, 0.25) is 0 Å². The summed E-state index contributed by atoms with van der Waals surface area (Å²) in [6.07, 6.45) is 2.12. The molecule has 0 aliphatic carbocycles. The second-order valence-electron chi connectivity index (χ2n) is 2.71. The summed E-state index contributed by atoms with van der Waals surface area (Å²) in [5.41, 5.74) is 0. The zero-order chi connectivity index (χ0) is 10.1. The van der Waals surface area contributed by atoms with Crippen LogP contribution in [0, 0.1) is 0 Å². The summed E-state index contributed by atoms with van der Waals surface area (Å²) in [7, 11) is 1.80. The molecular formula is C9H18N2O2. The predicted octanol–water partition coefficient (Wildman–Crippen LogP) is -0.397. The van der Waals surface area contributed by atoms with Crippen molar-refractivity contribution in [1.29, 1.82) is 0 Å². The van der Waals surface area contributed by atoms with Crippen molar-refractivity contribution in [3.05, 3.63) is 12.7 Å². The minimum absolute atomic E-state index is 0.000860. The number of nitrogens with one attached hydrogen (secondary N) is 1. The summed E-state index contributed by atoms with van der Waals surface area (Å²) in [6.45, 7) is 5.10. The monoisotopic (exact) mass is 186 g/mol. The summed E-state index contributed by atoms with van der Waals surface area (Å²) in [4.78, 5) is 13.0. The van der Waals surface area contributed by atoms with Crippen molar-refractivity contribution in [2.75, 3.05) is 33.3 Å². The molecule has 0 aliphatic heterocycles.